The van der Waals surface area contributed by atoms with Crippen LogP contribution in [0.15, 0.2) is 28.7 Å². The summed E-state index contributed by atoms with van der Waals surface area (Å²) in [5, 5.41) is 3.46. The average molecular weight is 244 g/mol. The number of nitrogens with zero attached hydrogens (tertiary/aromatic N) is 1. The Morgan fingerprint density at radius 1 is 1.33 bits per heavy atom. The molecule has 0 bridgehead atoms. The molecule has 0 spiro atoms. The van der Waals surface area contributed by atoms with Crippen molar-refractivity contribution < 1.29 is 4.42 Å². The summed E-state index contributed by atoms with van der Waals surface area (Å²) < 4.78 is 5.72. The molecule has 96 valence electrons. The van der Waals surface area contributed by atoms with Crippen LogP contribution in [0.1, 0.15) is 39.0 Å². The molecule has 0 amide bonds. The minimum Gasteiger partial charge on any atom is -0.424 e. The molecule has 3 rings (SSSR count). The second kappa shape index (κ2) is 5.01. The van der Waals surface area contributed by atoms with Crippen LogP contribution >= 0.6 is 0 Å². The summed E-state index contributed by atoms with van der Waals surface area (Å²) in [5.74, 6) is 0.862. The molecule has 18 heavy (non-hydrogen) atoms. The minimum absolute atomic E-state index is 0.525. The number of oxazole rings is 1. The van der Waals surface area contributed by atoms with Crippen molar-refractivity contribution in [2.45, 2.75) is 45.1 Å². The summed E-state index contributed by atoms with van der Waals surface area (Å²) in [5.41, 5.74) is 1.80. The lowest BCUT2D eigenvalue weighted by Gasteiger charge is -2.28. The summed E-state index contributed by atoms with van der Waals surface area (Å²) in [6.45, 7) is 2.28. The lowest BCUT2D eigenvalue weighted by atomic mass is 9.84. The maximum absolute atomic E-state index is 5.72. The van der Waals surface area contributed by atoms with Crippen LogP contribution < -0.4 is 5.32 Å². The molecule has 0 aliphatic heterocycles. The number of nitrogens with one attached hydrogen (secondary N) is 1. The Morgan fingerprint density at radius 3 is 3.06 bits per heavy atom. The molecule has 1 aromatic carbocycles. The second-order valence-corrected chi connectivity index (χ2v) is 5.27. The van der Waals surface area contributed by atoms with E-state index in [-0.39, 0.29) is 0 Å². The number of para-hydroxylation sites is 2. The summed E-state index contributed by atoms with van der Waals surface area (Å²) >= 11 is 0. The largest absolute Gasteiger partial charge is 0.424 e. The molecule has 2 atom stereocenters. The number of fused-ring (bicyclic) bond motifs is 1. The van der Waals surface area contributed by atoms with Gasteiger partial charge in [-0.2, -0.15) is 4.98 Å². The van der Waals surface area contributed by atoms with Crippen molar-refractivity contribution in [3.05, 3.63) is 24.3 Å². The Hall–Kier alpha value is -1.51. The van der Waals surface area contributed by atoms with Crippen molar-refractivity contribution in [1.29, 1.82) is 0 Å². The van der Waals surface area contributed by atoms with Crippen LogP contribution in [0, 0.1) is 5.92 Å². The zero-order valence-electron chi connectivity index (χ0n) is 10.9. The topological polar surface area (TPSA) is 38.1 Å². The first-order valence-electron chi connectivity index (χ1n) is 6.97. The molecular formula is C15H20N2O. The highest BCUT2D eigenvalue weighted by atomic mass is 16.4. The summed E-state index contributed by atoms with van der Waals surface area (Å²) in [4.78, 5) is 4.48. The summed E-state index contributed by atoms with van der Waals surface area (Å²) in [6.07, 6.45) is 6.45. The average Bonchev–Trinajstić information content (AvgIpc) is 2.81. The lowest BCUT2D eigenvalue weighted by Crippen LogP contribution is -2.27. The van der Waals surface area contributed by atoms with E-state index in [1.54, 1.807) is 0 Å². The molecule has 0 saturated heterocycles. The van der Waals surface area contributed by atoms with Crippen molar-refractivity contribution in [3.8, 4) is 0 Å². The Morgan fingerprint density at radius 2 is 2.22 bits per heavy atom. The molecule has 2 aromatic rings. The van der Waals surface area contributed by atoms with Crippen LogP contribution in [0.5, 0.6) is 0 Å². The predicted octanol–water partition coefficient (Wildman–Crippen LogP) is 4.21. The van der Waals surface area contributed by atoms with E-state index in [0.29, 0.717) is 12.1 Å². The van der Waals surface area contributed by atoms with Crippen LogP contribution in [-0.4, -0.2) is 11.0 Å². The van der Waals surface area contributed by atoms with Crippen molar-refractivity contribution >= 4 is 17.1 Å². The Labute approximate surface area is 108 Å². The van der Waals surface area contributed by atoms with Gasteiger partial charge in [-0.25, -0.2) is 0 Å². The highest BCUT2D eigenvalue weighted by Gasteiger charge is 2.21. The maximum Gasteiger partial charge on any atom is 0.295 e. The number of hydrogen-bond acceptors (Lipinski definition) is 3. The smallest absolute Gasteiger partial charge is 0.295 e. The fraction of sp³-hybridized carbons (Fsp3) is 0.533. The fourth-order valence-corrected chi connectivity index (χ4v) is 2.90. The second-order valence-electron chi connectivity index (χ2n) is 5.27. The van der Waals surface area contributed by atoms with Gasteiger partial charge in [-0.15, -0.1) is 0 Å². The van der Waals surface area contributed by atoms with E-state index in [0.717, 1.165) is 17.0 Å². The van der Waals surface area contributed by atoms with Crippen LogP contribution in [-0.2, 0) is 0 Å². The molecule has 0 radical (unpaired) electrons. The molecule has 1 aliphatic rings. The molecular weight excluding hydrogens is 224 g/mol. The molecule has 2 unspecified atom stereocenters. The van der Waals surface area contributed by atoms with Crippen LogP contribution in [0.25, 0.3) is 11.1 Å². The number of hydrogen-bond donors (Lipinski definition) is 1. The van der Waals surface area contributed by atoms with Gasteiger partial charge < -0.3 is 9.73 Å². The van der Waals surface area contributed by atoms with Crippen LogP contribution in [0.4, 0.5) is 6.01 Å². The Bertz CT molecular complexity index is 487. The maximum atomic E-state index is 5.72. The SMILES string of the molecule is CCC1CCCC(Nc2nc3ccccc3o2)C1. The quantitative estimate of drug-likeness (QED) is 0.879. The number of anilines is 1. The van der Waals surface area contributed by atoms with Crippen molar-refractivity contribution in [1.82, 2.24) is 4.98 Å². The molecule has 1 fully saturated rings. The number of rotatable bonds is 3. The van der Waals surface area contributed by atoms with Crippen molar-refractivity contribution in [2.24, 2.45) is 5.92 Å². The van der Waals surface area contributed by atoms with Crippen molar-refractivity contribution in [3.63, 3.8) is 0 Å². The molecule has 1 saturated carbocycles. The van der Waals surface area contributed by atoms with E-state index in [1.807, 2.05) is 24.3 Å². The first kappa shape index (κ1) is 11.6. The molecule has 3 heteroatoms. The lowest BCUT2D eigenvalue weighted by molar-refractivity contribution is 0.324. The summed E-state index contributed by atoms with van der Waals surface area (Å²) in [6, 6.07) is 9.12. The van der Waals surface area contributed by atoms with E-state index >= 15 is 0 Å². The van der Waals surface area contributed by atoms with Crippen LogP contribution in [0.3, 0.4) is 0 Å². The molecule has 1 aromatic heterocycles. The van der Waals surface area contributed by atoms with Gasteiger partial charge in [0.25, 0.3) is 6.01 Å². The van der Waals surface area contributed by atoms with E-state index in [4.69, 9.17) is 4.42 Å². The normalized spacial score (nSPS) is 24.3. The number of aromatic nitrogens is 1. The molecule has 1 aliphatic carbocycles. The standard InChI is InChI=1S/C15H20N2O/c1-2-11-6-5-7-12(10-11)16-15-17-13-8-3-4-9-14(13)18-15/h3-4,8-9,11-12H,2,5-7,10H2,1H3,(H,16,17). The molecule has 1 heterocycles. The highest BCUT2D eigenvalue weighted by Crippen LogP contribution is 2.29. The fourth-order valence-electron chi connectivity index (χ4n) is 2.90. The van der Waals surface area contributed by atoms with Gasteiger partial charge in [0.15, 0.2) is 5.58 Å². The predicted molar refractivity (Wildman–Crippen MR) is 73.7 cm³/mol. The van der Waals surface area contributed by atoms with Crippen LogP contribution in [0.2, 0.25) is 0 Å². The van der Waals surface area contributed by atoms with E-state index in [2.05, 4.69) is 17.2 Å². The van der Waals surface area contributed by atoms with Gasteiger partial charge in [-0.05, 0) is 30.9 Å². The Balaban J connectivity index is 1.71. The highest BCUT2D eigenvalue weighted by molar-refractivity contribution is 5.74. The van der Waals surface area contributed by atoms with Gasteiger partial charge >= 0.3 is 0 Å². The van der Waals surface area contributed by atoms with Gasteiger partial charge in [0.1, 0.15) is 5.52 Å². The van der Waals surface area contributed by atoms with E-state index < -0.39 is 0 Å². The van der Waals surface area contributed by atoms with Crippen molar-refractivity contribution in [2.75, 3.05) is 5.32 Å². The van der Waals surface area contributed by atoms with E-state index in [9.17, 15) is 0 Å². The molecule has 3 nitrogen and oxygen atoms in total. The molecule has 1 N–H and O–H groups in total. The van der Waals surface area contributed by atoms with Gasteiger partial charge in [0.2, 0.25) is 0 Å². The first-order valence-corrected chi connectivity index (χ1v) is 6.97. The van der Waals surface area contributed by atoms with Gasteiger partial charge in [-0.3, -0.25) is 0 Å². The van der Waals surface area contributed by atoms with Gasteiger partial charge in [0, 0.05) is 6.04 Å². The third-order valence-corrected chi connectivity index (χ3v) is 3.98. The van der Waals surface area contributed by atoms with Gasteiger partial charge in [0.05, 0.1) is 0 Å². The monoisotopic (exact) mass is 244 g/mol. The minimum atomic E-state index is 0.525. The number of benzene rings is 1. The third kappa shape index (κ3) is 2.35. The summed E-state index contributed by atoms with van der Waals surface area (Å²) in [7, 11) is 0. The zero-order chi connectivity index (χ0) is 12.4. The zero-order valence-corrected chi connectivity index (χ0v) is 10.9. The Kier molecular flexibility index (Phi) is 3.22. The van der Waals surface area contributed by atoms with E-state index in [1.165, 1.54) is 32.1 Å². The third-order valence-electron chi connectivity index (χ3n) is 3.98. The first-order chi connectivity index (χ1) is 8.85. The van der Waals surface area contributed by atoms with Gasteiger partial charge in [-0.1, -0.05) is 38.3 Å².